The zero-order chi connectivity index (χ0) is 15.7. The van der Waals surface area contributed by atoms with Crippen LogP contribution in [0.1, 0.15) is 65.7 Å². The number of rotatable bonds is 4. The molecule has 0 saturated heterocycles. The SMILES string of the molecule is CNC1CCC(C(C)(C)C)CC1S(=O)(=O)CC1CCCC1. The van der Waals surface area contributed by atoms with E-state index >= 15 is 0 Å². The predicted molar refractivity (Wildman–Crippen MR) is 89.2 cm³/mol. The largest absolute Gasteiger partial charge is 0.316 e. The molecule has 2 fully saturated rings. The molecule has 0 bridgehead atoms. The van der Waals surface area contributed by atoms with Crippen LogP contribution in [0, 0.1) is 17.3 Å². The molecule has 3 atom stereocenters. The third kappa shape index (κ3) is 4.22. The van der Waals surface area contributed by atoms with Gasteiger partial charge in [0.25, 0.3) is 0 Å². The van der Waals surface area contributed by atoms with E-state index in [2.05, 4.69) is 26.1 Å². The first kappa shape index (κ1) is 17.3. The molecule has 4 heteroatoms. The van der Waals surface area contributed by atoms with E-state index in [1.54, 1.807) is 0 Å². The van der Waals surface area contributed by atoms with Crippen molar-refractivity contribution in [2.45, 2.75) is 77.0 Å². The maximum atomic E-state index is 12.9. The van der Waals surface area contributed by atoms with E-state index in [9.17, 15) is 8.42 Å². The zero-order valence-electron chi connectivity index (χ0n) is 14.2. The molecular formula is C17H33NO2S. The topological polar surface area (TPSA) is 46.2 Å². The van der Waals surface area contributed by atoms with Crippen molar-refractivity contribution in [3.63, 3.8) is 0 Å². The highest BCUT2D eigenvalue weighted by Gasteiger charge is 2.42. The number of hydrogen-bond acceptors (Lipinski definition) is 3. The third-order valence-electron chi connectivity index (χ3n) is 5.79. The first-order valence-corrected chi connectivity index (χ1v) is 10.3. The highest BCUT2D eigenvalue weighted by atomic mass is 32.2. The van der Waals surface area contributed by atoms with Crippen molar-refractivity contribution in [2.24, 2.45) is 17.3 Å². The number of sulfone groups is 1. The normalized spacial score (nSPS) is 32.5. The maximum absolute atomic E-state index is 12.9. The summed E-state index contributed by atoms with van der Waals surface area (Å²) in [4.78, 5) is 0. The summed E-state index contributed by atoms with van der Waals surface area (Å²) < 4.78 is 25.9. The minimum Gasteiger partial charge on any atom is -0.316 e. The molecule has 2 rings (SSSR count). The Hall–Kier alpha value is -0.0900. The average Bonchev–Trinajstić information content (AvgIpc) is 2.89. The summed E-state index contributed by atoms with van der Waals surface area (Å²) in [5.74, 6) is 1.36. The summed E-state index contributed by atoms with van der Waals surface area (Å²) in [6, 6.07) is 0.148. The van der Waals surface area contributed by atoms with Crippen molar-refractivity contribution >= 4 is 9.84 Å². The lowest BCUT2D eigenvalue weighted by molar-refractivity contribution is 0.164. The second-order valence-corrected chi connectivity index (χ2v) is 10.6. The Labute approximate surface area is 131 Å². The van der Waals surface area contributed by atoms with Crippen molar-refractivity contribution in [1.82, 2.24) is 5.32 Å². The van der Waals surface area contributed by atoms with Crippen molar-refractivity contribution in [2.75, 3.05) is 12.8 Å². The van der Waals surface area contributed by atoms with E-state index in [4.69, 9.17) is 0 Å². The van der Waals surface area contributed by atoms with Gasteiger partial charge in [-0.3, -0.25) is 0 Å². The molecule has 0 aromatic rings. The van der Waals surface area contributed by atoms with E-state index < -0.39 is 9.84 Å². The first-order valence-electron chi connectivity index (χ1n) is 8.63. The average molecular weight is 316 g/mol. The van der Waals surface area contributed by atoms with Gasteiger partial charge in [0.05, 0.1) is 11.0 Å². The Bertz CT molecular complexity index is 432. The highest BCUT2D eigenvalue weighted by molar-refractivity contribution is 7.92. The molecule has 2 aliphatic carbocycles. The molecule has 3 nitrogen and oxygen atoms in total. The van der Waals surface area contributed by atoms with Gasteiger partial charge < -0.3 is 5.32 Å². The van der Waals surface area contributed by atoms with Crippen LogP contribution in [0.5, 0.6) is 0 Å². The summed E-state index contributed by atoms with van der Waals surface area (Å²) in [7, 11) is -1.07. The van der Waals surface area contributed by atoms with Crippen LogP contribution < -0.4 is 5.32 Å². The molecule has 0 spiro atoms. The molecule has 0 amide bonds. The summed E-state index contributed by atoms with van der Waals surface area (Å²) in [5.41, 5.74) is 0.208. The second kappa shape index (κ2) is 6.57. The Morgan fingerprint density at radius 1 is 1.05 bits per heavy atom. The lowest BCUT2D eigenvalue weighted by Gasteiger charge is -2.41. The van der Waals surface area contributed by atoms with Crippen LogP contribution in [-0.4, -0.2) is 32.5 Å². The Morgan fingerprint density at radius 2 is 1.67 bits per heavy atom. The summed E-state index contributed by atoms with van der Waals surface area (Å²) in [6.07, 6.45) is 7.62. The number of nitrogens with one attached hydrogen (secondary N) is 1. The maximum Gasteiger partial charge on any atom is 0.154 e. The fourth-order valence-corrected chi connectivity index (χ4v) is 6.81. The van der Waals surface area contributed by atoms with Crippen LogP contribution in [0.15, 0.2) is 0 Å². The standard InChI is InChI=1S/C17H33NO2S/c1-17(2,3)14-9-10-15(18-4)16(11-14)21(19,20)12-13-7-5-6-8-13/h13-16,18H,5-12H2,1-4H3. The first-order chi connectivity index (χ1) is 9.74. The lowest BCUT2D eigenvalue weighted by Crippen LogP contribution is -2.49. The predicted octanol–water partition coefficient (Wildman–Crippen LogP) is 3.39. The molecule has 1 N–H and O–H groups in total. The molecule has 124 valence electrons. The van der Waals surface area contributed by atoms with Crippen LogP contribution in [0.3, 0.4) is 0 Å². The fraction of sp³-hybridized carbons (Fsp3) is 1.00. The van der Waals surface area contributed by atoms with Crippen LogP contribution >= 0.6 is 0 Å². The Kier molecular flexibility index (Phi) is 5.40. The second-order valence-electron chi connectivity index (χ2n) is 8.29. The quantitative estimate of drug-likeness (QED) is 0.865. The minimum atomic E-state index is -2.98. The van der Waals surface area contributed by atoms with E-state index in [0.717, 1.165) is 32.1 Å². The van der Waals surface area contributed by atoms with E-state index in [1.807, 2.05) is 7.05 Å². The third-order valence-corrected chi connectivity index (χ3v) is 8.17. The summed E-state index contributed by atoms with van der Waals surface area (Å²) >= 11 is 0. The van der Waals surface area contributed by atoms with E-state index in [1.165, 1.54) is 12.8 Å². The van der Waals surface area contributed by atoms with Crippen molar-refractivity contribution in [1.29, 1.82) is 0 Å². The van der Waals surface area contributed by atoms with Crippen molar-refractivity contribution in [3.8, 4) is 0 Å². The molecule has 3 unspecified atom stereocenters. The molecule has 2 saturated carbocycles. The van der Waals surface area contributed by atoms with Gasteiger partial charge in [-0.15, -0.1) is 0 Å². The van der Waals surface area contributed by atoms with Gasteiger partial charge in [0.15, 0.2) is 9.84 Å². The van der Waals surface area contributed by atoms with Gasteiger partial charge in [0, 0.05) is 6.04 Å². The summed E-state index contributed by atoms with van der Waals surface area (Å²) in [6.45, 7) is 6.74. The van der Waals surface area contributed by atoms with Crippen molar-refractivity contribution in [3.05, 3.63) is 0 Å². The zero-order valence-corrected chi connectivity index (χ0v) is 15.0. The molecule has 0 radical (unpaired) electrons. The summed E-state index contributed by atoms with van der Waals surface area (Å²) in [5, 5.41) is 3.10. The smallest absolute Gasteiger partial charge is 0.154 e. The van der Waals surface area contributed by atoms with Crippen LogP contribution in [0.25, 0.3) is 0 Å². The molecular weight excluding hydrogens is 282 g/mol. The molecule has 2 aliphatic rings. The number of hydrogen-bond donors (Lipinski definition) is 1. The molecule has 0 heterocycles. The van der Waals surface area contributed by atoms with Gasteiger partial charge in [-0.1, -0.05) is 33.6 Å². The van der Waals surface area contributed by atoms with Crippen molar-refractivity contribution < 1.29 is 8.42 Å². The van der Waals surface area contributed by atoms with Gasteiger partial charge in [0.1, 0.15) is 0 Å². The molecule has 0 aromatic heterocycles. The van der Waals surface area contributed by atoms with E-state index in [0.29, 0.717) is 17.6 Å². The van der Waals surface area contributed by atoms with Gasteiger partial charge in [0.2, 0.25) is 0 Å². The molecule has 0 aliphatic heterocycles. The molecule has 0 aromatic carbocycles. The molecule has 21 heavy (non-hydrogen) atoms. The Balaban J connectivity index is 2.11. The van der Waals surface area contributed by atoms with E-state index in [-0.39, 0.29) is 16.7 Å². The van der Waals surface area contributed by atoms with Crippen LogP contribution in [0.2, 0.25) is 0 Å². The van der Waals surface area contributed by atoms with Gasteiger partial charge in [-0.2, -0.15) is 0 Å². The lowest BCUT2D eigenvalue weighted by atomic mass is 9.71. The van der Waals surface area contributed by atoms with Crippen LogP contribution in [-0.2, 0) is 9.84 Å². The van der Waals surface area contributed by atoms with Gasteiger partial charge in [-0.05, 0) is 56.4 Å². The minimum absolute atomic E-state index is 0.148. The Morgan fingerprint density at radius 3 is 2.19 bits per heavy atom. The van der Waals surface area contributed by atoms with Crippen LogP contribution in [0.4, 0.5) is 0 Å². The monoisotopic (exact) mass is 315 g/mol. The van der Waals surface area contributed by atoms with Gasteiger partial charge in [-0.25, -0.2) is 8.42 Å². The van der Waals surface area contributed by atoms with Gasteiger partial charge >= 0.3 is 0 Å². The fourth-order valence-electron chi connectivity index (χ4n) is 4.27. The highest BCUT2D eigenvalue weighted by Crippen LogP contribution is 2.40.